The number of hydrogen-bond donors (Lipinski definition) is 1. The summed E-state index contributed by atoms with van der Waals surface area (Å²) in [6.07, 6.45) is 2.40. The minimum Gasteiger partial charge on any atom is -0.466 e. The van der Waals surface area contributed by atoms with E-state index in [0.29, 0.717) is 26.2 Å². The lowest BCUT2D eigenvalue weighted by atomic mass is 10.3. The molecule has 4 heteroatoms. The van der Waals surface area contributed by atoms with Crippen LogP contribution >= 0.6 is 0 Å². The molecule has 1 N–H and O–H groups in total. The van der Waals surface area contributed by atoms with Crippen molar-refractivity contribution < 1.29 is 19.4 Å². The monoisotopic (exact) mass is 190 g/mol. The molecule has 0 radical (unpaired) electrons. The van der Waals surface area contributed by atoms with Crippen LogP contribution in [-0.4, -0.2) is 37.5 Å². The summed E-state index contributed by atoms with van der Waals surface area (Å²) in [5.41, 5.74) is 0. The van der Waals surface area contributed by atoms with E-state index in [0.717, 1.165) is 12.8 Å². The lowest BCUT2D eigenvalue weighted by Gasteiger charge is -2.03. The van der Waals surface area contributed by atoms with Crippen molar-refractivity contribution in [2.45, 2.75) is 26.2 Å². The summed E-state index contributed by atoms with van der Waals surface area (Å²) in [6, 6.07) is 0. The molecule has 0 saturated heterocycles. The van der Waals surface area contributed by atoms with Crippen molar-refractivity contribution in [1.82, 2.24) is 0 Å². The molecule has 0 saturated carbocycles. The normalized spacial score (nSPS) is 10.0. The minimum absolute atomic E-state index is 0.174. The fourth-order valence-electron chi connectivity index (χ4n) is 0.791. The zero-order valence-corrected chi connectivity index (χ0v) is 8.12. The molecule has 13 heavy (non-hydrogen) atoms. The Morgan fingerprint density at radius 3 is 2.38 bits per heavy atom. The van der Waals surface area contributed by atoms with E-state index in [2.05, 4.69) is 0 Å². The van der Waals surface area contributed by atoms with E-state index in [9.17, 15) is 4.79 Å². The van der Waals surface area contributed by atoms with Gasteiger partial charge in [-0.3, -0.25) is 4.79 Å². The van der Waals surface area contributed by atoms with Gasteiger partial charge in [0.15, 0.2) is 0 Å². The molecule has 4 nitrogen and oxygen atoms in total. The van der Waals surface area contributed by atoms with E-state index >= 15 is 0 Å². The van der Waals surface area contributed by atoms with Gasteiger partial charge in [0, 0.05) is 26.7 Å². The quantitative estimate of drug-likeness (QED) is 0.453. The van der Waals surface area contributed by atoms with E-state index in [-0.39, 0.29) is 12.6 Å². The summed E-state index contributed by atoms with van der Waals surface area (Å²) in [5, 5.41) is 8.43. The Labute approximate surface area is 78.8 Å². The number of esters is 1. The van der Waals surface area contributed by atoms with E-state index in [1.807, 2.05) is 0 Å². The minimum atomic E-state index is -0.235. The highest BCUT2D eigenvalue weighted by Crippen LogP contribution is 1.92. The first-order valence-corrected chi connectivity index (χ1v) is 4.59. The Bertz CT molecular complexity index is 125. The van der Waals surface area contributed by atoms with Crippen LogP contribution < -0.4 is 0 Å². The molecule has 0 fully saturated rings. The van der Waals surface area contributed by atoms with E-state index < -0.39 is 0 Å². The van der Waals surface area contributed by atoms with Crippen molar-refractivity contribution in [3.05, 3.63) is 0 Å². The summed E-state index contributed by atoms with van der Waals surface area (Å²) in [4.78, 5) is 10.3. The van der Waals surface area contributed by atoms with Crippen LogP contribution in [0.5, 0.6) is 0 Å². The van der Waals surface area contributed by atoms with Crippen LogP contribution in [0.4, 0.5) is 0 Å². The first-order chi connectivity index (χ1) is 6.27. The molecule has 0 aliphatic carbocycles. The SMILES string of the molecule is CC(=O)OCCCCOCCCO. The third kappa shape index (κ3) is 11.4. The number of aliphatic hydroxyl groups is 1. The van der Waals surface area contributed by atoms with Gasteiger partial charge in [0.25, 0.3) is 0 Å². The third-order valence-corrected chi connectivity index (χ3v) is 1.44. The first kappa shape index (κ1) is 12.4. The predicted molar refractivity (Wildman–Crippen MR) is 48.4 cm³/mol. The van der Waals surface area contributed by atoms with Gasteiger partial charge in [0.1, 0.15) is 0 Å². The highest BCUT2D eigenvalue weighted by Gasteiger charge is 1.93. The van der Waals surface area contributed by atoms with Crippen molar-refractivity contribution >= 4 is 5.97 Å². The second-order valence-corrected chi connectivity index (χ2v) is 2.74. The summed E-state index contributed by atoms with van der Waals surface area (Å²) >= 11 is 0. The van der Waals surface area contributed by atoms with Crippen LogP contribution in [0.2, 0.25) is 0 Å². The maximum atomic E-state index is 10.3. The van der Waals surface area contributed by atoms with Gasteiger partial charge < -0.3 is 14.6 Å². The van der Waals surface area contributed by atoms with Crippen LogP contribution in [-0.2, 0) is 14.3 Å². The fourth-order valence-corrected chi connectivity index (χ4v) is 0.791. The molecule has 0 heterocycles. The van der Waals surface area contributed by atoms with Crippen LogP contribution in [0.3, 0.4) is 0 Å². The molecule has 0 unspecified atom stereocenters. The highest BCUT2D eigenvalue weighted by atomic mass is 16.5. The molecule has 0 rings (SSSR count). The van der Waals surface area contributed by atoms with Crippen LogP contribution in [0.25, 0.3) is 0 Å². The Balaban J connectivity index is 2.87. The van der Waals surface area contributed by atoms with Gasteiger partial charge in [-0.25, -0.2) is 0 Å². The van der Waals surface area contributed by atoms with Crippen molar-refractivity contribution in [3.63, 3.8) is 0 Å². The summed E-state index contributed by atoms with van der Waals surface area (Å²) in [6.45, 7) is 3.31. The fraction of sp³-hybridized carbons (Fsp3) is 0.889. The largest absolute Gasteiger partial charge is 0.466 e. The number of ether oxygens (including phenoxy) is 2. The Hall–Kier alpha value is -0.610. The molecule has 0 spiro atoms. The van der Waals surface area contributed by atoms with Gasteiger partial charge in [-0.1, -0.05) is 0 Å². The van der Waals surface area contributed by atoms with Crippen LogP contribution in [0.15, 0.2) is 0 Å². The summed E-state index contributed by atoms with van der Waals surface area (Å²) in [7, 11) is 0. The van der Waals surface area contributed by atoms with E-state index in [1.165, 1.54) is 6.92 Å². The summed E-state index contributed by atoms with van der Waals surface area (Å²) < 4.78 is 9.92. The van der Waals surface area contributed by atoms with Gasteiger partial charge in [0.05, 0.1) is 6.61 Å². The molecular formula is C9H18O4. The standard InChI is InChI=1S/C9H18O4/c1-9(11)13-8-3-2-6-12-7-4-5-10/h10H,2-8H2,1H3. The van der Waals surface area contributed by atoms with Crippen LogP contribution in [0.1, 0.15) is 26.2 Å². The number of aliphatic hydroxyl groups excluding tert-OH is 1. The summed E-state index contributed by atoms with van der Waals surface area (Å²) in [5.74, 6) is -0.235. The van der Waals surface area contributed by atoms with Gasteiger partial charge >= 0.3 is 5.97 Å². The van der Waals surface area contributed by atoms with Crippen molar-refractivity contribution in [2.75, 3.05) is 26.4 Å². The molecule has 0 aliphatic heterocycles. The molecule has 0 atom stereocenters. The van der Waals surface area contributed by atoms with Gasteiger partial charge in [-0.2, -0.15) is 0 Å². The smallest absolute Gasteiger partial charge is 0.302 e. The zero-order chi connectivity index (χ0) is 9.94. The first-order valence-electron chi connectivity index (χ1n) is 4.59. The second kappa shape index (κ2) is 9.48. The average Bonchev–Trinajstić information content (AvgIpc) is 2.09. The number of rotatable bonds is 8. The maximum Gasteiger partial charge on any atom is 0.302 e. The van der Waals surface area contributed by atoms with Gasteiger partial charge in [0.2, 0.25) is 0 Å². The third-order valence-electron chi connectivity index (χ3n) is 1.44. The number of carbonyl (C=O) groups excluding carboxylic acids is 1. The second-order valence-electron chi connectivity index (χ2n) is 2.74. The van der Waals surface area contributed by atoms with E-state index in [1.54, 1.807) is 0 Å². The molecule has 78 valence electrons. The number of carbonyl (C=O) groups is 1. The average molecular weight is 190 g/mol. The Morgan fingerprint density at radius 1 is 1.15 bits per heavy atom. The lowest BCUT2D eigenvalue weighted by molar-refractivity contribution is -0.141. The Morgan fingerprint density at radius 2 is 1.77 bits per heavy atom. The van der Waals surface area contributed by atoms with Gasteiger partial charge in [-0.05, 0) is 19.3 Å². The topological polar surface area (TPSA) is 55.8 Å². The Kier molecular flexibility index (Phi) is 9.03. The molecule has 0 aromatic rings. The molecule has 0 amide bonds. The molecule has 0 aromatic carbocycles. The number of hydrogen-bond acceptors (Lipinski definition) is 4. The maximum absolute atomic E-state index is 10.3. The van der Waals surface area contributed by atoms with Crippen molar-refractivity contribution in [2.24, 2.45) is 0 Å². The van der Waals surface area contributed by atoms with Crippen LogP contribution in [0, 0.1) is 0 Å². The lowest BCUT2D eigenvalue weighted by Crippen LogP contribution is -2.03. The number of unbranched alkanes of at least 4 members (excludes halogenated alkanes) is 1. The zero-order valence-electron chi connectivity index (χ0n) is 8.12. The highest BCUT2D eigenvalue weighted by molar-refractivity contribution is 5.65. The van der Waals surface area contributed by atoms with Gasteiger partial charge in [-0.15, -0.1) is 0 Å². The van der Waals surface area contributed by atoms with Crippen molar-refractivity contribution in [3.8, 4) is 0 Å². The van der Waals surface area contributed by atoms with E-state index in [4.69, 9.17) is 14.6 Å². The molecular weight excluding hydrogens is 172 g/mol. The molecule has 0 bridgehead atoms. The van der Waals surface area contributed by atoms with Crippen molar-refractivity contribution in [1.29, 1.82) is 0 Å². The predicted octanol–water partition coefficient (Wildman–Crippen LogP) is 0.729. The molecule has 0 aliphatic rings. The molecule has 0 aromatic heterocycles.